The Hall–Kier alpha value is -3.83. The molecule has 4 N–H and O–H groups in total. The van der Waals surface area contributed by atoms with Gasteiger partial charge in [-0.05, 0) is 70.5 Å². The zero-order valence-electron chi connectivity index (χ0n) is 24.6. The summed E-state index contributed by atoms with van der Waals surface area (Å²) in [7, 11) is 1.67. The molecule has 0 amide bonds. The van der Waals surface area contributed by atoms with Gasteiger partial charge in [-0.3, -0.25) is 0 Å². The van der Waals surface area contributed by atoms with Crippen molar-refractivity contribution in [3.05, 3.63) is 42.0 Å². The Morgan fingerprint density at radius 3 is 1.70 bits per heavy atom. The van der Waals surface area contributed by atoms with E-state index in [-0.39, 0.29) is 26.3 Å². The Bertz CT molecular complexity index is 1210. The monoisotopic (exact) mass is 552 g/mol. The summed E-state index contributed by atoms with van der Waals surface area (Å²) in [5.74, 6) is 1.81. The van der Waals surface area contributed by atoms with Gasteiger partial charge in [-0.2, -0.15) is 15.0 Å². The summed E-state index contributed by atoms with van der Waals surface area (Å²) in [6, 6.07) is 12.0. The van der Waals surface area contributed by atoms with Crippen molar-refractivity contribution in [3.63, 3.8) is 0 Å². The van der Waals surface area contributed by atoms with Crippen LogP contribution in [-0.4, -0.2) is 84.8 Å². The van der Waals surface area contributed by atoms with Gasteiger partial charge in [0.1, 0.15) is 5.75 Å². The molecular weight excluding hydrogens is 508 g/mol. The highest BCUT2D eigenvalue weighted by molar-refractivity contribution is 5.70. The second-order valence-corrected chi connectivity index (χ2v) is 9.20. The van der Waals surface area contributed by atoms with E-state index in [4.69, 9.17) is 4.74 Å². The third-order valence-electron chi connectivity index (χ3n) is 6.75. The van der Waals surface area contributed by atoms with Crippen LogP contribution in [0.25, 0.3) is 0 Å². The molecule has 0 aliphatic rings. The lowest BCUT2D eigenvalue weighted by Gasteiger charge is -2.25. The first kappa shape index (κ1) is 30.7. The summed E-state index contributed by atoms with van der Waals surface area (Å²) in [4.78, 5) is 20.2. The van der Waals surface area contributed by atoms with E-state index in [2.05, 4.69) is 82.1 Å². The summed E-state index contributed by atoms with van der Waals surface area (Å²) in [5, 5.41) is 25.9. The van der Waals surface area contributed by atoms with Crippen LogP contribution in [0.15, 0.2) is 36.4 Å². The molecule has 0 radical (unpaired) electrons. The molecule has 2 aromatic carbocycles. The van der Waals surface area contributed by atoms with Gasteiger partial charge in [0.25, 0.3) is 0 Å². The van der Waals surface area contributed by atoms with Gasteiger partial charge in [-0.1, -0.05) is 6.07 Å². The van der Waals surface area contributed by atoms with Gasteiger partial charge < -0.3 is 40.3 Å². The smallest absolute Gasteiger partial charge is 0.233 e. The lowest BCUT2D eigenvalue weighted by molar-refractivity contribution is 0.280. The number of aliphatic hydroxyl groups excluding tert-OH is 2. The van der Waals surface area contributed by atoms with Gasteiger partial charge in [0.2, 0.25) is 17.8 Å². The fraction of sp³-hybridized carbons (Fsp3) is 0.483. The number of hydrogen-bond donors (Lipinski definition) is 4. The molecule has 218 valence electrons. The fourth-order valence-corrected chi connectivity index (χ4v) is 4.60. The molecule has 0 atom stereocenters. The maximum Gasteiger partial charge on any atom is 0.233 e. The van der Waals surface area contributed by atoms with Crippen LogP contribution in [0.3, 0.4) is 0 Å². The minimum absolute atomic E-state index is 0.103. The average molecular weight is 553 g/mol. The summed E-state index contributed by atoms with van der Waals surface area (Å²) >= 11 is 0. The molecule has 0 unspecified atom stereocenters. The Labute approximate surface area is 237 Å². The maximum absolute atomic E-state index is 9.62. The van der Waals surface area contributed by atoms with Crippen molar-refractivity contribution in [2.45, 2.75) is 34.6 Å². The van der Waals surface area contributed by atoms with Crippen molar-refractivity contribution >= 4 is 40.6 Å². The molecule has 11 nitrogen and oxygen atoms in total. The van der Waals surface area contributed by atoms with Crippen LogP contribution in [-0.2, 0) is 0 Å². The number of benzene rings is 2. The molecule has 40 heavy (non-hydrogen) atoms. The number of nitrogens with one attached hydrogen (secondary N) is 2. The molecule has 0 bridgehead atoms. The molecule has 0 saturated carbocycles. The third-order valence-corrected chi connectivity index (χ3v) is 6.75. The van der Waals surface area contributed by atoms with Gasteiger partial charge in [0.15, 0.2) is 0 Å². The third kappa shape index (κ3) is 7.64. The van der Waals surface area contributed by atoms with Crippen molar-refractivity contribution in [2.24, 2.45) is 0 Å². The lowest BCUT2D eigenvalue weighted by Crippen LogP contribution is -2.31. The van der Waals surface area contributed by atoms with Gasteiger partial charge in [0, 0.05) is 56.3 Å². The Morgan fingerprint density at radius 1 is 0.700 bits per heavy atom. The number of hydrogen-bond acceptors (Lipinski definition) is 11. The molecule has 3 aromatic rings. The number of aromatic nitrogens is 3. The van der Waals surface area contributed by atoms with Crippen LogP contribution in [0.5, 0.6) is 5.75 Å². The van der Waals surface area contributed by atoms with Crippen molar-refractivity contribution in [3.8, 4) is 5.75 Å². The first-order valence-corrected chi connectivity index (χ1v) is 14.0. The number of methoxy groups -OCH3 is 1. The highest BCUT2D eigenvalue weighted by Crippen LogP contribution is 2.32. The summed E-state index contributed by atoms with van der Waals surface area (Å²) in [6.45, 7) is 14.4. The molecule has 3 rings (SSSR count). The first-order chi connectivity index (χ1) is 19.4. The van der Waals surface area contributed by atoms with E-state index in [1.165, 1.54) is 5.56 Å². The lowest BCUT2D eigenvalue weighted by atomic mass is 10.1. The van der Waals surface area contributed by atoms with Crippen LogP contribution < -0.4 is 30.1 Å². The Morgan fingerprint density at radius 2 is 1.20 bits per heavy atom. The molecule has 11 heteroatoms. The zero-order chi connectivity index (χ0) is 29.1. The normalized spacial score (nSPS) is 10.8. The van der Waals surface area contributed by atoms with Gasteiger partial charge in [-0.25, -0.2) is 0 Å². The molecule has 0 spiro atoms. The molecule has 1 heterocycles. The van der Waals surface area contributed by atoms with Crippen molar-refractivity contribution < 1.29 is 14.9 Å². The Balaban J connectivity index is 2.03. The average Bonchev–Trinajstić information content (AvgIpc) is 2.96. The van der Waals surface area contributed by atoms with Crippen LogP contribution in [0, 0.1) is 6.92 Å². The molecule has 0 aliphatic carbocycles. The minimum Gasteiger partial charge on any atom is -0.495 e. The van der Waals surface area contributed by atoms with Crippen molar-refractivity contribution in [2.75, 3.05) is 84.9 Å². The van der Waals surface area contributed by atoms with Gasteiger partial charge in [0.05, 0.1) is 26.0 Å². The van der Waals surface area contributed by atoms with E-state index in [1.807, 2.05) is 24.3 Å². The highest BCUT2D eigenvalue weighted by atomic mass is 16.5. The van der Waals surface area contributed by atoms with E-state index in [0.717, 1.165) is 54.7 Å². The zero-order valence-corrected chi connectivity index (χ0v) is 24.6. The molecule has 1 aromatic heterocycles. The van der Waals surface area contributed by atoms with Gasteiger partial charge in [-0.15, -0.1) is 0 Å². The first-order valence-electron chi connectivity index (χ1n) is 14.0. The molecule has 0 fully saturated rings. The van der Waals surface area contributed by atoms with E-state index in [0.29, 0.717) is 17.8 Å². The topological polar surface area (TPSA) is 122 Å². The quantitative estimate of drug-likeness (QED) is 0.205. The van der Waals surface area contributed by atoms with E-state index < -0.39 is 0 Å². The largest absolute Gasteiger partial charge is 0.495 e. The molecular formula is C29H44N8O3. The number of aliphatic hydroxyl groups is 2. The van der Waals surface area contributed by atoms with Gasteiger partial charge >= 0.3 is 0 Å². The fourth-order valence-electron chi connectivity index (χ4n) is 4.60. The number of ether oxygens (including phenoxy) is 1. The predicted octanol–water partition coefficient (Wildman–Crippen LogP) is 4.16. The summed E-state index contributed by atoms with van der Waals surface area (Å²) < 4.78 is 5.60. The van der Waals surface area contributed by atoms with E-state index in [1.54, 1.807) is 12.0 Å². The SMILES string of the molecule is CCN(CC)c1cc(Nc2nc(Nc3ccc(OC)c(N(CC)CC)c3)nc(N(CCO)CCO)n2)ccc1C. The highest BCUT2D eigenvalue weighted by Gasteiger charge is 2.16. The van der Waals surface area contributed by atoms with E-state index in [9.17, 15) is 10.2 Å². The predicted molar refractivity (Wildman–Crippen MR) is 164 cm³/mol. The number of nitrogens with zero attached hydrogens (tertiary/aromatic N) is 6. The standard InChI is InChI=1S/C29H44N8O3/c1-7-35(8-2)24-19-22(12-11-21(24)5)30-27-32-28(34-29(33-27)37(15-17-38)16-18-39)31-23-13-14-26(40-6)25(20-23)36(9-3)10-4/h11-14,19-20,38-39H,7-10,15-18H2,1-6H3,(H2,30,31,32,33,34). The number of aryl methyl sites for hydroxylation is 1. The van der Waals surface area contributed by atoms with Crippen LogP contribution in [0.4, 0.5) is 40.6 Å². The van der Waals surface area contributed by atoms with Crippen LogP contribution in [0.1, 0.15) is 33.3 Å². The number of anilines is 7. The summed E-state index contributed by atoms with van der Waals surface area (Å²) in [5.41, 5.74) is 4.94. The van der Waals surface area contributed by atoms with Crippen molar-refractivity contribution in [1.82, 2.24) is 15.0 Å². The van der Waals surface area contributed by atoms with Crippen LogP contribution in [0.2, 0.25) is 0 Å². The molecule has 0 saturated heterocycles. The maximum atomic E-state index is 9.62. The second-order valence-electron chi connectivity index (χ2n) is 9.20. The molecule has 0 aliphatic heterocycles. The Kier molecular flexibility index (Phi) is 11.6. The summed E-state index contributed by atoms with van der Waals surface area (Å²) in [6.07, 6.45) is 0. The minimum atomic E-state index is -0.103. The van der Waals surface area contributed by atoms with Crippen LogP contribution >= 0.6 is 0 Å². The second kappa shape index (κ2) is 15.1. The van der Waals surface area contributed by atoms with E-state index >= 15 is 0 Å². The van der Waals surface area contributed by atoms with Crippen molar-refractivity contribution in [1.29, 1.82) is 0 Å². The number of rotatable bonds is 16.